The van der Waals surface area contributed by atoms with E-state index in [1.165, 1.54) is 4.90 Å². The largest absolute Gasteiger partial charge is 0.465 e. The molecule has 0 saturated carbocycles. The predicted molar refractivity (Wildman–Crippen MR) is 81.5 cm³/mol. The fourth-order valence-corrected chi connectivity index (χ4v) is 3.01. The fraction of sp³-hybridized carbons (Fsp3) is 0.533. The van der Waals surface area contributed by atoms with Gasteiger partial charge in [-0.1, -0.05) is 23.7 Å². The molecule has 1 amide bonds. The van der Waals surface area contributed by atoms with Crippen molar-refractivity contribution in [2.24, 2.45) is 11.7 Å². The molecule has 0 bridgehead atoms. The third-order valence-corrected chi connectivity index (χ3v) is 3.98. The van der Waals surface area contributed by atoms with Gasteiger partial charge < -0.3 is 20.5 Å². The van der Waals surface area contributed by atoms with Crippen LogP contribution in [0.4, 0.5) is 4.79 Å². The van der Waals surface area contributed by atoms with Crippen LogP contribution in [0.1, 0.15) is 24.5 Å². The van der Waals surface area contributed by atoms with E-state index in [1.54, 1.807) is 0 Å². The van der Waals surface area contributed by atoms with Gasteiger partial charge in [-0.25, -0.2) is 4.79 Å². The smallest absolute Gasteiger partial charge is 0.407 e. The number of carboxylic acid groups (broad SMARTS) is 1. The second-order valence-electron chi connectivity index (χ2n) is 5.27. The number of nitrogens with two attached hydrogens (primary N) is 1. The van der Waals surface area contributed by atoms with Crippen molar-refractivity contribution in [3.05, 3.63) is 34.9 Å². The highest BCUT2D eigenvalue weighted by atomic mass is 35.5. The van der Waals surface area contributed by atoms with Crippen LogP contribution >= 0.6 is 11.6 Å². The quantitative estimate of drug-likeness (QED) is 0.876. The maximum atomic E-state index is 11.2. The number of likely N-dealkylation sites (tertiary alicyclic amines) is 1. The summed E-state index contributed by atoms with van der Waals surface area (Å²) >= 11 is 6.06. The van der Waals surface area contributed by atoms with Crippen molar-refractivity contribution in [3.8, 4) is 0 Å². The minimum Gasteiger partial charge on any atom is -0.465 e. The Kier molecular flexibility index (Phi) is 5.85. The molecule has 0 spiro atoms. The van der Waals surface area contributed by atoms with Crippen LogP contribution in [-0.2, 0) is 4.74 Å². The molecule has 1 aliphatic heterocycles. The highest BCUT2D eigenvalue weighted by Gasteiger charge is 2.31. The first-order valence-corrected chi connectivity index (χ1v) is 7.54. The molecule has 6 heteroatoms. The first-order valence-electron chi connectivity index (χ1n) is 7.17. The monoisotopic (exact) mass is 312 g/mol. The molecular formula is C15H21ClN2O3. The van der Waals surface area contributed by atoms with Gasteiger partial charge >= 0.3 is 6.09 Å². The molecule has 1 heterocycles. The van der Waals surface area contributed by atoms with Crippen molar-refractivity contribution >= 4 is 17.7 Å². The molecule has 0 aliphatic carbocycles. The van der Waals surface area contributed by atoms with Gasteiger partial charge in [0.1, 0.15) is 0 Å². The number of nitrogens with zero attached hydrogens (tertiary/aromatic N) is 1. The number of ether oxygens (including phenoxy) is 1. The molecule has 0 radical (unpaired) electrons. The van der Waals surface area contributed by atoms with E-state index in [4.69, 9.17) is 22.1 Å². The maximum absolute atomic E-state index is 11.2. The lowest BCUT2D eigenvalue weighted by Gasteiger charge is -2.35. The standard InChI is InChI=1S/C15H21ClN2O3/c16-13-5-1-3-11(9-13)14(21-8-6-17)12-4-2-7-18(10-12)15(19)20/h1,3,5,9,12,14H,2,4,6-8,10,17H2,(H,19,20)/t12-,14+/m1/s1. The Morgan fingerprint density at radius 1 is 1.57 bits per heavy atom. The molecule has 0 unspecified atom stereocenters. The summed E-state index contributed by atoms with van der Waals surface area (Å²) in [5, 5.41) is 9.83. The van der Waals surface area contributed by atoms with Gasteiger partial charge in [0.25, 0.3) is 0 Å². The van der Waals surface area contributed by atoms with E-state index in [1.807, 2.05) is 24.3 Å². The van der Waals surface area contributed by atoms with Crippen molar-refractivity contribution < 1.29 is 14.6 Å². The second-order valence-corrected chi connectivity index (χ2v) is 5.70. The Labute approximate surface area is 129 Å². The van der Waals surface area contributed by atoms with Gasteiger partial charge in [-0.3, -0.25) is 0 Å². The zero-order chi connectivity index (χ0) is 15.2. The lowest BCUT2D eigenvalue weighted by Crippen LogP contribution is -2.41. The topological polar surface area (TPSA) is 75.8 Å². The van der Waals surface area contributed by atoms with Crippen LogP contribution in [0.15, 0.2) is 24.3 Å². The van der Waals surface area contributed by atoms with Crippen molar-refractivity contribution in [2.45, 2.75) is 18.9 Å². The summed E-state index contributed by atoms with van der Waals surface area (Å²) in [7, 11) is 0. The van der Waals surface area contributed by atoms with Crippen molar-refractivity contribution in [3.63, 3.8) is 0 Å². The molecule has 21 heavy (non-hydrogen) atoms. The third kappa shape index (κ3) is 4.33. The summed E-state index contributed by atoms with van der Waals surface area (Å²) in [4.78, 5) is 12.6. The molecular weight excluding hydrogens is 292 g/mol. The minimum atomic E-state index is -0.872. The number of benzene rings is 1. The Morgan fingerprint density at radius 3 is 3.05 bits per heavy atom. The van der Waals surface area contributed by atoms with Gasteiger partial charge in [0.05, 0.1) is 12.7 Å². The van der Waals surface area contributed by atoms with Crippen molar-refractivity contribution in [1.82, 2.24) is 4.90 Å². The van der Waals surface area contributed by atoms with Crippen LogP contribution in [0.2, 0.25) is 5.02 Å². The molecule has 1 aromatic rings. The average molecular weight is 313 g/mol. The summed E-state index contributed by atoms with van der Waals surface area (Å²) in [6.45, 7) is 1.95. The Bertz CT molecular complexity index is 484. The average Bonchev–Trinajstić information content (AvgIpc) is 2.48. The maximum Gasteiger partial charge on any atom is 0.407 e. The normalized spacial score (nSPS) is 20.3. The van der Waals surface area contributed by atoms with E-state index >= 15 is 0 Å². The van der Waals surface area contributed by atoms with Gasteiger partial charge in [-0.05, 0) is 30.5 Å². The summed E-state index contributed by atoms with van der Waals surface area (Å²) in [6.07, 6.45) is 0.740. The number of carbonyl (C=O) groups is 1. The van der Waals surface area contributed by atoms with Gasteiger partial charge in [-0.15, -0.1) is 0 Å². The lowest BCUT2D eigenvalue weighted by molar-refractivity contribution is -0.00975. The zero-order valence-corrected chi connectivity index (χ0v) is 12.6. The third-order valence-electron chi connectivity index (χ3n) is 3.75. The van der Waals surface area contributed by atoms with E-state index in [-0.39, 0.29) is 12.0 Å². The van der Waals surface area contributed by atoms with E-state index in [9.17, 15) is 9.90 Å². The van der Waals surface area contributed by atoms with Crippen molar-refractivity contribution in [1.29, 1.82) is 0 Å². The minimum absolute atomic E-state index is 0.125. The van der Waals surface area contributed by atoms with Crippen LogP contribution in [0.3, 0.4) is 0 Å². The fourth-order valence-electron chi connectivity index (χ4n) is 2.81. The molecule has 3 N–H and O–H groups in total. The highest BCUT2D eigenvalue weighted by molar-refractivity contribution is 6.30. The van der Waals surface area contributed by atoms with Crippen LogP contribution in [0, 0.1) is 5.92 Å². The van der Waals surface area contributed by atoms with E-state index in [0.29, 0.717) is 31.3 Å². The number of hydrogen-bond acceptors (Lipinski definition) is 3. The molecule has 1 saturated heterocycles. The second kappa shape index (κ2) is 7.64. The molecule has 2 rings (SSSR count). The molecule has 116 valence electrons. The number of rotatable bonds is 5. The lowest BCUT2D eigenvalue weighted by atomic mass is 9.88. The van der Waals surface area contributed by atoms with Gasteiger partial charge in [0.15, 0.2) is 0 Å². The summed E-state index contributed by atoms with van der Waals surface area (Å²) in [6, 6.07) is 7.54. The van der Waals surface area contributed by atoms with Crippen LogP contribution in [0.25, 0.3) is 0 Å². The summed E-state index contributed by atoms with van der Waals surface area (Å²) in [5.74, 6) is 0.125. The van der Waals surface area contributed by atoms with Gasteiger partial charge in [-0.2, -0.15) is 0 Å². The number of halogens is 1. The molecule has 0 aromatic heterocycles. The molecule has 1 aliphatic rings. The van der Waals surface area contributed by atoms with Crippen molar-refractivity contribution in [2.75, 3.05) is 26.2 Å². The van der Waals surface area contributed by atoms with E-state index < -0.39 is 6.09 Å². The SMILES string of the molecule is NCCO[C@@H](c1cccc(Cl)c1)[C@@H]1CCCN(C(=O)O)C1. The number of hydrogen-bond donors (Lipinski definition) is 2. The number of amides is 1. The molecule has 2 atom stereocenters. The predicted octanol–water partition coefficient (Wildman–Crippen LogP) is 2.75. The highest BCUT2D eigenvalue weighted by Crippen LogP contribution is 2.33. The van der Waals surface area contributed by atoms with Gasteiger partial charge in [0, 0.05) is 30.6 Å². The summed E-state index contributed by atoms with van der Waals surface area (Å²) < 4.78 is 5.90. The molecule has 5 nitrogen and oxygen atoms in total. The first kappa shape index (κ1) is 16.1. The summed E-state index contributed by atoms with van der Waals surface area (Å²) in [5.41, 5.74) is 6.51. The molecule has 1 fully saturated rings. The van der Waals surface area contributed by atoms with Gasteiger partial charge in [0.2, 0.25) is 0 Å². The molecule has 1 aromatic carbocycles. The Balaban J connectivity index is 2.17. The van der Waals surface area contributed by atoms with E-state index in [2.05, 4.69) is 0 Å². The van der Waals surface area contributed by atoms with Crippen LogP contribution < -0.4 is 5.73 Å². The van der Waals surface area contributed by atoms with Crippen LogP contribution in [-0.4, -0.2) is 42.3 Å². The zero-order valence-electron chi connectivity index (χ0n) is 11.9. The number of piperidine rings is 1. The Hall–Kier alpha value is -1.30. The van der Waals surface area contributed by atoms with Crippen LogP contribution in [0.5, 0.6) is 0 Å². The van der Waals surface area contributed by atoms with E-state index in [0.717, 1.165) is 18.4 Å². The Morgan fingerprint density at radius 2 is 2.38 bits per heavy atom. The first-order chi connectivity index (χ1) is 10.1.